The summed E-state index contributed by atoms with van der Waals surface area (Å²) in [6.07, 6.45) is 7.50. The normalized spacial score (nSPS) is 11.5. The van der Waals surface area contributed by atoms with E-state index in [0.717, 1.165) is 10.5 Å². The van der Waals surface area contributed by atoms with Crippen molar-refractivity contribution in [1.82, 2.24) is 19.0 Å². The Balaban J connectivity index is 1.75. The second kappa shape index (κ2) is 9.20. The predicted molar refractivity (Wildman–Crippen MR) is 128 cm³/mol. The van der Waals surface area contributed by atoms with E-state index in [4.69, 9.17) is 5.26 Å². The maximum Gasteiger partial charge on any atom is 0.281 e. The van der Waals surface area contributed by atoms with E-state index in [1.807, 2.05) is 6.07 Å². The van der Waals surface area contributed by atoms with Crippen LogP contribution in [0.25, 0.3) is 5.52 Å². The molecule has 0 radical (unpaired) electrons. The van der Waals surface area contributed by atoms with E-state index in [0.29, 0.717) is 22.3 Å². The second-order valence-electron chi connectivity index (χ2n) is 7.32. The Labute approximate surface area is 200 Å². The van der Waals surface area contributed by atoms with Crippen LogP contribution < -0.4 is 4.90 Å². The molecule has 3 heterocycles. The smallest absolute Gasteiger partial charge is 0.281 e. The number of aromatic nitrogens is 3. The zero-order valence-electron chi connectivity index (χ0n) is 18.5. The fourth-order valence-corrected chi connectivity index (χ4v) is 4.50. The van der Waals surface area contributed by atoms with Crippen LogP contribution in [0.3, 0.4) is 0 Å². The summed E-state index contributed by atoms with van der Waals surface area (Å²) in [6.45, 7) is 0. The number of nitriles is 1. The van der Waals surface area contributed by atoms with Gasteiger partial charge in [0.15, 0.2) is 0 Å². The number of nitrogens with zero attached hydrogens (tertiary/aromatic N) is 8. The molecule has 0 aliphatic heterocycles. The van der Waals surface area contributed by atoms with E-state index < -0.39 is 14.9 Å². The van der Waals surface area contributed by atoms with Gasteiger partial charge < -0.3 is 4.90 Å². The molecule has 0 aliphatic carbocycles. The molecule has 0 fully saturated rings. The Kier molecular flexibility index (Phi) is 6.13. The number of benzene rings is 1. The van der Waals surface area contributed by atoms with Gasteiger partial charge >= 0.3 is 0 Å². The van der Waals surface area contributed by atoms with Crippen molar-refractivity contribution in [2.45, 2.75) is 4.90 Å². The van der Waals surface area contributed by atoms with Crippen LogP contribution in [0.4, 0.5) is 17.1 Å². The Morgan fingerprint density at radius 1 is 1.20 bits per heavy atom. The molecule has 1 aromatic carbocycles. The third-order valence-electron chi connectivity index (χ3n) is 5.21. The van der Waals surface area contributed by atoms with E-state index in [9.17, 15) is 18.5 Å². The standard InChI is InChI=1S/C22H18N8O4S/c1-27(19-4-3-8-24-15-19)20-6-5-18(30(31)32)11-22(20)35(33,34)28(2)25-13-17-14-26-29-9-7-16(12-23)10-21(17)29/h3-11,13-15H,1-2H3/b25-13-. The van der Waals surface area contributed by atoms with Gasteiger partial charge in [-0.15, -0.1) is 0 Å². The minimum Gasteiger partial charge on any atom is -0.342 e. The van der Waals surface area contributed by atoms with Crippen LogP contribution in [-0.2, 0) is 10.0 Å². The van der Waals surface area contributed by atoms with Crippen molar-refractivity contribution >= 4 is 38.8 Å². The summed E-state index contributed by atoms with van der Waals surface area (Å²) in [5.74, 6) is 0. The summed E-state index contributed by atoms with van der Waals surface area (Å²) in [5, 5.41) is 28.7. The van der Waals surface area contributed by atoms with Crippen LogP contribution in [0.15, 0.2) is 77.2 Å². The number of rotatable bonds is 7. The molecular weight excluding hydrogens is 472 g/mol. The summed E-state index contributed by atoms with van der Waals surface area (Å²) >= 11 is 0. The zero-order valence-corrected chi connectivity index (χ0v) is 19.4. The van der Waals surface area contributed by atoms with Gasteiger partial charge in [-0.2, -0.15) is 28.3 Å². The number of hydrogen-bond donors (Lipinski definition) is 0. The number of hydrogen-bond acceptors (Lipinski definition) is 9. The number of nitro groups is 1. The third-order valence-corrected chi connectivity index (χ3v) is 6.89. The summed E-state index contributed by atoms with van der Waals surface area (Å²) in [7, 11) is -1.45. The van der Waals surface area contributed by atoms with Crippen molar-refractivity contribution in [2.75, 3.05) is 19.0 Å². The summed E-state index contributed by atoms with van der Waals surface area (Å²) in [5.41, 5.74) is 1.87. The molecule has 35 heavy (non-hydrogen) atoms. The first-order valence-corrected chi connectivity index (χ1v) is 11.5. The zero-order chi connectivity index (χ0) is 25.2. The molecule has 4 aromatic rings. The fourth-order valence-electron chi connectivity index (χ4n) is 3.31. The predicted octanol–water partition coefficient (Wildman–Crippen LogP) is 2.93. The largest absolute Gasteiger partial charge is 0.342 e. The lowest BCUT2D eigenvalue weighted by molar-refractivity contribution is -0.385. The van der Waals surface area contributed by atoms with Crippen LogP contribution in [0.2, 0.25) is 0 Å². The average molecular weight is 491 g/mol. The highest BCUT2D eigenvalue weighted by Gasteiger charge is 2.28. The van der Waals surface area contributed by atoms with Gasteiger partial charge in [0.1, 0.15) is 4.90 Å². The number of pyridine rings is 2. The topological polar surface area (TPSA) is 150 Å². The van der Waals surface area contributed by atoms with Gasteiger partial charge in [0.05, 0.1) is 52.1 Å². The molecule has 12 nitrogen and oxygen atoms in total. The summed E-state index contributed by atoms with van der Waals surface area (Å²) < 4.78 is 29.2. The first kappa shape index (κ1) is 23.3. The highest BCUT2D eigenvalue weighted by molar-refractivity contribution is 7.89. The van der Waals surface area contributed by atoms with Gasteiger partial charge in [-0.05, 0) is 30.3 Å². The lowest BCUT2D eigenvalue weighted by atomic mass is 10.2. The molecule has 0 bridgehead atoms. The monoisotopic (exact) mass is 490 g/mol. The van der Waals surface area contributed by atoms with E-state index >= 15 is 0 Å². The van der Waals surface area contributed by atoms with Crippen LogP contribution in [-0.4, -0.2) is 52.7 Å². The molecule has 0 unspecified atom stereocenters. The lowest BCUT2D eigenvalue weighted by Crippen LogP contribution is -2.24. The number of fused-ring (bicyclic) bond motifs is 1. The summed E-state index contributed by atoms with van der Waals surface area (Å²) in [6, 6.07) is 12.2. The molecule has 0 spiro atoms. The molecule has 0 aliphatic rings. The molecule has 0 atom stereocenters. The van der Waals surface area contributed by atoms with E-state index in [-0.39, 0.29) is 16.3 Å². The lowest BCUT2D eigenvalue weighted by Gasteiger charge is -2.23. The minimum atomic E-state index is -4.31. The molecule has 4 rings (SSSR count). The SMILES string of the molecule is CN(c1cccnc1)c1ccc([N+](=O)[O-])cc1S(=O)(=O)N(C)/N=C\c1cnn2ccc(C#N)cc12. The highest BCUT2D eigenvalue weighted by atomic mass is 32.2. The molecular formula is C22H18N8O4S. The molecule has 0 N–H and O–H groups in total. The second-order valence-corrected chi connectivity index (χ2v) is 9.24. The van der Waals surface area contributed by atoms with Gasteiger partial charge in [-0.25, -0.2) is 4.52 Å². The van der Waals surface area contributed by atoms with E-state index in [2.05, 4.69) is 15.2 Å². The quantitative estimate of drug-likeness (QED) is 0.218. The maximum atomic E-state index is 13.5. The van der Waals surface area contributed by atoms with Crippen molar-refractivity contribution in [1.29, 1.82) is 5.26 Å². The Hall–Kier alpha value is -4.83. The highest BCUT2D eigenvalue weighted by Crippen LogP contribution is 2.34. The van der Waals surface area contributed by atoms with Gasteiger partial charge in [0, 0.05) is 44.2 Å². The molecule has 0 amide bonds. The third kappa shape index (κ3) is 4.50. The van der Waals surface area contributed by atoms with E-state index in [1.54, 1.807) is 54.8 Å². The maximum absolute atomic E-state index is 13.5. The van der Waals surface area contributed by atoms with Crippen molar-refractivity contribution < 1.29 is 13.3 Å². The Morgan fingerprint density at radius 2 is 2.00 bits per heavy atom. The number of sulfonamides is 1. The number of non-ortho nitro benzene ring substituents is 1. The number of anilines is 2. The van der Waals surface area contributed by atoms with E-state index in [1.165, 1.54) is 36.1 Å². The van der Waals surface area contributed by atoms with Gasteiger partial charge in [0.2, 0.25) is 0 Å². The van der Waals surface area contributed by atoms with Crippen molar-refractivity contribution in [2.24, 2.45) is 5.10 Å². The Morgan fingerprint density at radius 3 is 2.69 bits per heavy atom. The Bertz CT molecular complexity index is 1590. The van der Waals surface area contributed by atoms with Crippen LogP contribution >= 0.6 is 0 Å². The first-order chi connectivity index (χ1) is 16.7. The number of nitro benzene ring substituents is 1. The molecule has 0 saturated carbocycles. The van der Waals surface area contributed by atoms with Crippen molar-refractivity contribution in [3.8, 4) is 6.07 Å². The van der Waals surface area contributed by atoms with Gasteiger partial charge in [-0.1, -0.05) is 0 Å². The first-order valence-electron chi connectivity index (χ1n) is 10.0. The van der Waals surface area contributed by atoms with Crippen LogP contribution in [0.1, 0.15) is 11.1 Å². The van der Waals surface area contributed by atoms with Crippen LogP contribution in [0.5, 0.6) is 0 Å². The van der Waals surface area contributed by atoms with Crippen molar-refractivity contribution in [3.63, 3.8) is 0 Å². The molecule has 13 heteroatoms. The molecule has 3 aromatic heterocycles. The fraction of sp³-hybridized carbons (Fsp3) is 0.0909. The molecule has 176 valence electrons. The average Bonchev–Trinajstić information content (AvgIpc) is 3.28. The van der Waals surface area contributed by atoms with Crippen LogP contribution in [0, 0.1) is 21.4 Å². The number of hydrazone groups is 1. The molecule has 0 saturated heterocycles. The van der Waals surface area contributed by atoms with Crippen molar-refractivity contribution in [3.05, 3.63) is 88.5 Å². The minimum absolute atomic E-state index is 0.209. The van der Waals surface area contributed by atoms with Gasteiger partial charge in [0.25, 0.3) is 15.7 Å². The van der Waals surface area contributed by atoms with Gasteiger partial charge in [-0.3, -0.25) is 15.1 Å². The summed E-state index contributed by atoms with van der Waals surface area (Å²) in [4.78, 5) is 16.0.